The summed E-state index contributed by atoms with van der Waals surface area (Å²) in [7, 11) is 0. The summed E-state index contributed by atoms with van der Waals surface area (Å²) in [6.45, 7) is 6.94. The standard InChI is InChI=1S/C26H31NO/c1-26(2,3)27-17-19-13-7-8-14-20(19)23(27)25-22-16-10-9-15-21(22)24(28-25)18-11-5-4-6-12-18/h4-6,11-12,17H,7-10,13-16H2,1-3H3. The topological polar surface area (TPSA) is 18.1 Å². The Kier molecular flexibility index (Phi) is 4.26. The zero-order valence-electron chi connectivity index (χ0n) is 17.5. The molecule has 5 rings (SSSR count). The van der Waals surface area contributed by atoms with Gasteiger partial charge in [-0.15, -0.1) is 0 Å². The van der Waals surface area contributed by atoms with Crippen molar-refractivity contribution in [1.29, 1.82) is 0 Å². The lowest BCUT2D eigenvalue weighted by Crippen LogP contribution is -2.22. The smallest absolute Gasteiger partial charge is 0.155 e. The van der Waals surface area contributed by atoms with Crippen molar-refractivity contribution in [2.45, 2.75) is 77.7 Å². The van der Waals surface area contributed by atoms with Gasteiger partial charge in [-0.2, -0.15) is 0 Å². The number of aryl methyl sites for hydroxylation is 1. The van der Waals surface area contributed by atoms with Gasteiger partial charge >= 0.3 is 0 Å². The van der Waals surface area contributed by atoms with E-state index >= 15 is 0 Å². The molecule has 0 spiro atoms. The van der Waals surface area contributed by atoms with Crippen LogP contribution in [0.15, 0.2) is 40.9 Å². The first-order valence-corrected chi connectivity index (χ1v) is 11.0. The molecule has 0 saturated carbocycles. The Morgan fingerprint density at radius 1 is 0.750 bits per heavy atom. The van der Waals surface area contributed by atoms with E-state index in [0.717, 1.165) is 24.4 Å². The minimum Gasteiger partial charge on any atom is -0.454 e. The SMILES string of the molecule is CC(C)(C)n1cc2c(c1-c1oc(-c3ccccc3)c3c1CCCC3)CCCC2. The molecule has 3 aromatic rings. The molecule has 0 atom stereocenters. The van der Waals surface area contributed by atoms with Gasteiger partial charge in [0.05, 0.1) is 5.69 Å². The van der Waals surface area contributed by atoms with Crippen LogP contribution in [0.2, 0.25) is 0 Å². The lowest BCUT2D eigenvalue weighted by atomic mass is 9.88. The first-order chi connectivity index (χ1) is 13.5. The highest BCUT2D eigenvalue weighted by Gasteiger charge is 2.32. The molecule has 2 heterocycles. The van der Waals surface area contributed by atoms with Crippen molar-refractivity contribution >= 4 is 0 Å². The molecule has 28 heavy (non-hydrogen) atoms. The van der Waals surface area contributed by atoms with Crippen molar-refractivity contribution in [3.8, 4) is 22.8 Å². The Morgan fingerprint density at radius 3 is 2.04 bits per heavy atom. The van der Waals surface area contributed by atoms with Gasteiger partial charge in [-0.1, -0.05) is 30.3 Å². The number of benzene rings is 1. The maximum atomic E-state index is 6.78. The summed E-state index contributed by atoms with van der Waals surface area (Å²) >= 11 is 0. The van der Waals surface area contributed by atoms with Gasteiger partial charge < -0.3 is 8.98 Å². The second-order valence-electron chi connectivity index (χ2n) is 9.52. The molecule has 0 amide bonds. The number of rotatable bonds is 2. The van der Waals surface area contributed by atoms with E-state index in [0.29, 0.717) is 0 Å². The van der Waals surface area contributed by atoms with Gasteiger partial charge in [0.1, 0.15) is 5.76 Å². The number of fused-ring (bicyclic) bond motifs is 2. The Bertz CT molecular complexity index is 997. The first-order valence-electron chi connectivity index (χ1n) is 11.0. The van der Waals surface area contributed by atoms with Gasteiger partial charge in [0, 0.05) is 28.4 Å². The highest BCUT2D eigenvalue weighted by Crippen LogP contribution is 2.45. The number of aromatic nitrogens is 1. The highest BCUT2D eigenvalue weighted by molar-refractivity contribution is 5.74. The molecule has 146 valence electrons. The fraction of sp³-hybridized carbons (Fsp3) is 0.462. The molecule has 0 saturated heterocycles. The number of furan rings is 1. The van der Waals surface area contributed by atoms with Crippen molar-refractivity contribution in [3.63, 3.8) is 0 Å². The van der Waals surface area contributed by atoms with Crippen LogP contribution in [-0.4, -0.2) is 4.57 Å². The summed E-state index contributed by atoms with van der Waals surface area (Å²) in [6, 6.07) is 10.7. The van der Waals surface area contributed by atoms with Crippen molar-refractivity contribution in [2.75, 3.05) is 0 Å². The average molecular weight is 374 g/mol. The fourth-order valence-electron chi connectivity index (χ4n) is 5.13. The van der Waals surface area contributed by atoms with Crippen molar-refractivity contribution < 1.29 is 4.42 Å². The van der Waals surface area contributed by atoms with Crippen molar-refractivity contribution in [2.24, 2.45) is 0 Å². The molecule has 0 unspecified atom stereocenters. The van der Waals surface area contributed by atoms with E-state index < -0.39 is 0 Å². The second-order valence-corrected chi connectivity index (χ2v) is 9.52. The summed E-state index contributed by atoms with van der Waals surface area (Å²) in [5.41, 5.74) is 8.65. The van der Waals surface area contributed by atoms with Gasteiger partial charge in [-0.3, -0.25) is 0 Å². The molecule has 0 bridgehead atoms. The van der Waals surface area contributed by atoms with Gasteiger partial charge in [0.2, 0.25) is 0 Å². The van der Waals surface area contributed by atoms with Crippen LogP contribution in [0.4, 0.5) is 0 Å². The maximum Gasteiger partial charge on any atom is 0.155 e. The van der Waals surface area contributed by atoms with E-state index in [1.807, 2.05) is 0 Å². The lowest BCUT2D eigenvalue weighted by Gasteiger charge is -2.25. The fourth-order valence-corrected chi connectivity index (χ4v) is 5.13. The van der Waals surface area contributed by atoms with Crippen LogP contribution in [0, 0.1) is 0 Å². The third-order valence-corrected chi connectivity index (χ3v) is 6.52. The van der Waals surface area contributed by atoms with Crippen molar-refractivity contribution in [3.05, 3.63) is 58.8 Å². The van der Waals surface area contributed by atoms with Crippen LogP contribution in [0.3, 0.4) is 0 Å². The molecular formula is C26H31NO. The predicted octanol–water partition coefficient (Wildman–Crippen LogP) is 6.93. The van der Waals surface area contributed by atoms with Crippen LogP contribution in [0.25, 0.3) is 22.8 Å². The van der Waals surface area contributed by atoms with Gasteiger partial charge in [-0.25, -0.2) is 0 Å². The zero-order chi connectivity index (χ0) is 19.3. The van der Waals surface area contributed by atoms with Crippen LogP contribution in [-0.2, 0) is 31.2 Å². The van der Waals surface area contributed by atoms with Crippen molar-refractivity contribution in [1.82, 2.24) is 4.57 Å². The quantitative estimate of drug-likeness (QED) is 0.476. The molecule has 2 nitrogen and oxygen atoms in total. The minimum atomic E-state index is 0.0495. The normalized spacial score (nSPS) is 16.7. The number of nitrogens with zero attached hydrogens (tertiary/aromatic N) is 1. The van der Waals surface area contributed by atoms with E-state index in [-0.39, 0.29) is 5.54 Å². The van der Waals surface area contributed by atoms with Crippen LogP contribution >= 0.6 is 0 Å². The number of hydrogen-bond donors (Lipinski definition) is 0. The van der Waals surface area contributed by atoms with Crippen LogP contribution in [0.5, 0.6) is 0 Å². The molecule has 0 fully saturated rings. The summed E-state index contributed by atoms with van der Waals surface area (Å²) in [5, 5.41) is 0. The third kappa shape index (κ3) is 2.85. The van der Waals surface area contributed by atoms with Gasteiger partial charge in [-0.05, 0) is 83.3 Å². The molecule has 0 aliphatic heterocycles. The summed E-state index contributed by atoms with van der Waals surface area (Å²) in [4.78, 5) is 0. The summed E-state index contributed by atoms with van der Waals surface area (Å²) in [6.07, 6.45) is 12.2. The Hall–Kier alpha value is -2.22. The Labute approximate surface area is 168 Å². The van der Waals surface area contributed by atoms with E-state index in [9.17, 15) is 0 Å². The van der Waals surface area contributed by atoms with Gasteiger partial charge in [0.15, 0.2) is 5.76 Å². The molecule has 2 aliphatic rings. The lowest BCUT2D eigenvalue weighted by molar-refractivity contribution is 0.397. The van der Waals surface area contributed by atoms with E-state index in [4.69, 9.17) is 4.42 Å². The van der Waals surface area contributed by atoms with E-state index in [1.165, 1.54) is 60.9 Å². The average Bonchev–Trinajstić information content (AvgIpc) is 3.27. The molecule has 2 heteroatoms. The number of hydrogen-bond acceptors (Lipinski definition) is 1. The molecule has 0 N–H and O–H groups in total. The van der Waals surface area contributed by atoms with E-state index in [2.05, 4.69) is 61.9 Å². The summed E-state index contributed by atoms with van der Waals surface area (Å²) in [5.74, 6) is 2.27. The molecule has 1 aromatic carbocycles. The summed E-state index contributed by atoms with van der Waals surface area (Å²) < 4.78 is 9.28. The highest BCUT2D eigenvalue weighted by atomic mass is 16.3. The molecule has 2 aromatic heterocycles. The van der Waals surface area contributed by atoms with Crippen LogP contribution < -0.4 is 0 Å². The largest absolute Gasteiger partial charge is 0.454 e. The predicted molar refractivity (Wildman–Crippen MR) is 116 cm³/mol. The molecular weight excluding hydrogens is 342 g/mol. The Morgan fingerprint density at radius 2 is 1.36 bits per heavy atom. The second kappa shape index (κ2) is 6.69. The molecule has 2 aliphatic carbocycles. The minimum absolute atomic E-state index is 0.0495. The maximum absolute atomic E-state index is 6.78. The van der Waals surface area contributed by atoms with Crippen LogP contribution in [0.1, 0.15) is 68.7 Å². The van der Waals surface area contributed by atoms with E-state index in [1.54, 1.807) is 11.1 Å². The monoisotopic (exact) mass is 373 g/mol. The Balaban J connectivity index is 1.77. The zero-order valence-corrected chi connectivity index (χ0v) is 17.5. The first kappa shape index (κ1) is 17.8. The van der Waals surface area contributed by atoms with Gasteiger partial charge in [0.25, 0.3) is 0 Å². The molecule has 0 radical (unpaired) electrons. The third-order valence-electron chi connectivity index (χ3n) is 6.52.